The van der Waals surface area contributed by atoms with Crippen molar-refractivity contribution in [2.45, 2.75) is 0 Å². The monoisotopic (exact) mass is 432 g/mol. The van der Waals surface area contributed by atoms with E-state index in [1.54, 1.807) is 36.4 Å². The Morgan fingerprint density at radius 1 is 1.12 bits per heavy atom. The number of fused-ring (bicyclic) bond motifs is 1. The van der Waals surface area contributed by atoms with Crippen LogP contribution in [0.4, 0.5) is 0 Å². The van der Waals surface area contributed by atoms with Gasteiger partial charge in [0.05, 0.1) is 10.7 Å². The Bertz CT molecular complexity index is 925. The highest BCUT2D eigenvalue weighted by Crippen LogP contribution is 2.43. The van der Waals surface area contributed by atoms with Crippen molar-refractivity contribution in [2.24, 2.45) is 0 Å². The van der Waals surface area contributed by atoms with Gasteiger partial charge in [0.2, 0.25) is 5.78 Å². The number of halogens is 1. The van der Waals surface area contributed by atoms with Crippen LogP contribution in [0.25, 0.3) is 17.2 Å². The zero-order chi connectivity index (χ0) is 17.4. The van der Waals surface area contributed by atoms with Crippen LogP contribution < -0.4 is 4.74 Å². The second kappa shape index (κ2) is 6.24. The molecule has 0 amide bonds. The summed E-state index contributed by atoms with van der Waals surface area (Å²) < 4.78 is 5.50. The van der Waals surface area contributed by atoms with E-state index in [0.717, 1.165) is 0 Å². The quantitative estimate of drug-likeness (QED) is 0.731. The lowest BCUT2D eigenvalue weighted by molar-refractivity contribution is 0.0993. The van der Waals surface area contributed by atoms with Gasteiger partial charge in [-0.2, -0.15) is 0 Å². The number of allylic oxidation sites excluding steroid dienone is 2. The molecular weight excluding hydrogens is 419 g/mol. The van der Waals surface area contributed by atoms with Gasteiger partial charge >= 0.3 is 0 Å². The molecule has 0 bridgehead atoms. The number of Topliss-reactive ketones (excluding diaryl/α,β-unsaturated/α-hetero) is 1. The number of phenols is 1. The van der Waals surface area contributed by atoms with E-state index in [4.69, 9.17) is 4.74 Å². The second-order valence-electron chi connectivity index (χ2n) is 5.20. The number of rotatable bonds is 3. The van der Waals surface area contributed by atoms with Crippen LogP contribution in [0.5, 0.6) is 11.5 Å². The summed E-state index contributed by atoms with van der Waals surface area (Å²) in [5.41, 5.74) is 2.17. The molecule has 0 heterocycles. The molecule has 0 radical (unpaired) electrons. The van der Waals surface area contributed by atoms with E-state index in [0.29, 0.717) is 31.6 Å². The molecule has 3 rings (SSSR count). The molecule has 0 aromatic heterocycles. The van der Waals surface area contributed by atoms with Crippen molar-refractivity contribution in [2.75, 3.05) is 7.11 Å². The van der Waals surface area contributed by atoms with Gasteiger partial charge in [0.15, 0.2) is 17.3 Å². The van der Waals surface area contributed by atoms with Gasteiger partial charge in [0, 0.05) is 28.3 Å². The van der Waals surface area contributed by atoms with E-state index >= 15 is 0 Å². The molecule has 0 saturated carbocycles. The number of methoxy groups -OCH3 is 1. The zero-order valence-corrected chi connectivity index (χ0v) is 15.0. The smallest absolute Gasteiger partial charge is 0.200 e. The van der Waals surface area contributed by atoms with E-state index in [2.05, 4.69) is 6.58 Å². The van der Waals surface area contributed by atoms with Gasteiger partial charge in [0.25, 0.3) is 0 Å². The summed E-state index contributed by atoms with van der Waals surface area (Å²) in [5.74, 6) is -0.263. The molecule has 0 aliphatic heterocycles. The molecule has 4 nitrogen and oxygen atoms in total. The molecule has 2 aromatic carbocycles. The summed E-state index contributed by atoms with van der Waals surface area (Å²) in [4.78, 5) is 25.0. The number of carbonyl (C=O) groups excluding carboxylic acids is 2. The van der Waals surface area contributed by atoms with E-state index in [1.807, 2.05) is 22.6 Å². The summed E-state index contributed by atoms with van der Waals surface area (Å²) in [6.07, 6.45) is 2.92. The van der Waals surface area contributed by atoms with E-state index in [-0.39, 0.29) is 22.9 Å². The minimum Gasteiger partial charge on any atom is -0.504 e. The minimum absolute atomic E-state index is 0.0821. The second-order valence-corrected chi connectivity index (χ2v) is 6.36. The lowest BCUT2D eigenvalue weighted by Gasteiger charge is -2.20. The standard InChI is InChI=1S/C19H13IO4/c1-3-10-7-8-11-14(21)9-13(20)19(23)17(11)16(10)12-5-4-6-15(24-2)18(12)22/h3-9,22H,1H2,2H3. The maximum absolute atomic E-state index is 12.7. The van der Waals surface area contributed by atoms with Crippen molar-refractivity contribution < 1.29 is 19.4 Å². The molecule has 1 N–H and O–H groups in total. The lowest BCUT2D eigenvalue weighted by atomic mass is 9.84. The van der Waals surface area contributed by atoms with Crippen LogP contribution in [-0.4, -0.2) is 23.8 Å². The number of aromatic hydroxyl groups is 1. The van der Waals surface area contributed by atoms with Crippen molar-refractivity contribution in [3.8, 4) is 22.6 Å². The molecule has 120 valence electrons. The SMILES string of the molecule is C=Cc1ccc2c(c1-c1cccc(OC)c1O)C(=O)C(I)=CC2=O. The van der Waals surface area contributed by atoms with Crippen molar-refractivity contribution in [3.63, 3.8) is 0 Å². The Morgan fingerprint density at radius 2 is 1.88 bits per heavy atom. The Labute approximate surface area is 152 Å². The molecule has 0 spiro atoms. The normalized spacial score (nSPS) is 13.3. The van der Waals surface area contributed by atoms with Crippen LogP contribution in [0.3, 0.4) is 0 Å². The molecule has 1 aliphatic rings. The molecule has 1 aliphatic carbocycles. The highest BCUT2D eigenvalue weighted by molar-refractivity contribution is 14.1. The third-order valence-electron chi connectivity index (χ3n) is 3.91. The van der Waals surface area contributed by atoms with Crippen molar-refractivity contribution in [1.29, 1.82) is 0 Å². The zero-order valence-electron chi connectivity index (χ0n) is 12.8. The Kier molecular flexibility index (Phi) is 4.28. The Morgan fingerprint density at radius 3 is 2.54 bits per heavy atom. The Hall–Kier alpha value is -2.41. The number of ketones is 2. The third-order valence-corrected chi connectivity index (χ3v) is 4.71. The topological polar surface area (TPSA) is 63.6 Å². The molecule has 0 unspecified atom stereocenters. The molecule has 24 heavy (non-hydrogen) atoms. The number of hydrogen-bond acceptors (Lipinski definition) is 4. The molecule has 0 atom stereocenters. The van der Waals surface area contributed by atoms with Crippen LogP contribution in [0.1, 0.15) is 26.3 Å². The fourth-order valence-corrected chi connectivity index (χ4v) is 3.34. The number of carbonyl (C=O) groups is 2. The summed E-state index contributed by atoms with van der Waals surface area (Å²) >= 11 is 1.86. The van der Waals surface area contributed by atoms with Crippen LogP contribution in [0.2, 0.25) is 0 Å². The average Bonchev–Trinajstić information content (AvgIpc) is 2.59. The average molecular weight is 432 g/mol. The van der Waals surface area contributed by atoms with E-state index in [1.165, 1.54) is 13.2 Å². The van der Waals surface area contributed by atoms with Crippen LogP contribution >= 0.6 is 22.6 Å². The number of para-hydroxylation sites is 1. The highest BCUT2D eigenvalue weighted by Gasteiger charge is 2.29. The number of hydrogen-bond donors (Lipinski definition) is 1. The number of ether oxygens (including phenoxy) is 1. The van der Waals surface area contributed by atoms with Crippen LogP contribution in [0, 0.1) is 0 Å². The van der Waals surface area contributed by atoms with Gasteiger partial charge < -0.3 is 9.84 Å². The summed E-state index contributed by atoms with van der Waals surface area (Å²) in [7, 11) is 1.45. The van der Waals surface area contributed by atoms with Gasteiger partial charge in [-0.05, 0) is 40.3 Å². The molecular formula is C19H13IO4. The molecule has 2 aromatic rings. The van der Waals surface area contributed by atoms with Gasteiger partial charge in [0.1, 0.15) is 0 Å². The lowest BCUT2D eigenvalue weighted by Crippen LogP contribution is -2.16. The molecule has 0 saturated heterocycles. The van der Waals surface area contributed by atoms with Crippen molar-refractivity contribution in [1.82, 2.24) is 0 Å². The minimum atomic E-state index is -0.244. The first-order chi connectivity index (χ1) is 11.5. The van der Waals surface area contributed by atoms with Gasteiger partial charge in [-0.25, -0.2) is 0 Å². The highest BCUT2D eigenvalue weighted by atomic mass is 127. The fraction of sp³-hybridized carbons (Fsp3) is 0.0526. The van der Waals surface area contributed by atoms with Crippen LogP contribution in [0.15, 0.2) is 46.6 Å². The first-order valence-corrected chi connectivity index (χ1v) is 8.19. The third kappa shape index (κ3) is 2.45. The largest absolute Gasteiger partial charge is 0.504 e. The predicted molar refractivity (Wildman–Crippen MR) is 101 cm³/mol. The summed E-state index contributed by atoms with van der Waals surface area (Å²) in [6.45, 7) is 3.78. The number of benzene rings is 2. The summed E-state index contributed by atoms with van der Waals surface area (Å²) in [6, 6.07) is 8.36. The van der Waals surface area contributed by atoms with Crippen molar-refractivity contribution >= 4 is 40.2 Å². The van der Waals surface area contributed by atoms with E-state index in [9.17, 15) is 14.7 Å². The van der Waals surface area contributed by atoms with E-state index < -0.39 is 0 Å². The van der Waals surface area contributed by atoms with Gasteiger partial charge in [-0.15, -0.1) is 0 Å². The maximum Gasteiger partial charge on any atom is 0.200 e. The van der Waals surface area contributed by atoms with Gasteiger partial charge in [-0.1, -0.05) is 30.9 Å². The predicted octanol–water partition coefficient (Wildman–Crippen LogP) is 4.41. The first kappa shape index (κ1) is 16.4. The maximum atomic E-state index is 12.7. The van der Waals surface area contributed by atoms with Crippen LogP contribution in [-0.2, 0) is 0 Å². The molecule has 5 heteroatoms. The summed E-state index contributed by atoms with van der Waals surface area (Å²) in [5, 5.41) is 10.5. The Balaban J connectivity index is 2.42. The van der Waals surface area contributed by atoms with Gasteiger partial charge in [-0.3, -0.25) is 9.59 Å². The number of phenolic OH excluding ortho intramolecular Hbond substituents is 1. The fourth-order valence-electron chi connectivity index (χ4n) is 2.79. The van der Waals surface area contributed by atoms with Crippen molar-refractivity contribution in [3.05, 3.63) is 63.3 Å². The molecule has 0 fully saturated rings. The first-order valence-electron chi connectivity index (χ1n) is 7.11.